The molecule has 7 heteroatoms. The van der Waals surface area contributed by atoms with Crippen molar-refractivity contribution >= 4 is 11.9 Å². The van der Waals surface area contributed by atoms with E-state index in [0.717, 1.165) is 4.68 Å². The Balaban J connectivity index is 2.65. The lowest BCUT2D eigenvalue weighted by atomic mass is 10.2. The monoisotopic (exact) mass is 264 g/mol. The van der Waals surface area contributed by atoms with E-state index in [2.05, 4.69) is 5.10 Å². The summed E-state index contributed by atoms with van der Waals surface area (Å²) < 4.78 is 14.0. The number of carbonyl (C=O) groups is 2. The van der Waals surface area contributed by atoms with Gasteiger partial charge >= 0.3 is 11.9 Å². The van der Waals surface area contributed by atoms with Gasteiger partial charge in [0.05, 0.1) is 11.4 Å². The van der Waals surface area contributed by atoms with Crippen molar-refractivity contribution in [1.29, 1.82) is 0 Å². The third kappa shape index (κ3) is 2.17. The van der Waals surface area contributed by atoms with Gasteiger partial charge in [-0.2, -0.15) is 5.10 Å². The zero-order valence-electron chi connectivity index (χ0n) is 9.79. The summed E-state index contributed by atoms with van der Waals surface area (Å²) in [5.41, 5.74) is -0.378. The summed E-state index contributed by atoms with van der Waals surface area (Å²) in [6, 6.07) is 5.12. The fraction of sp³-hybridized carbons (Fsp3) is 0.0833. The van der Waals surface area contributed by atoms with Crippen molar-refractivity contribution in [2.75, 3.05) is 0 Å². The second kappa shape index (κ2) is 4.52. The van der Waals surface area contributed by atoms with Crippen molar-refractivity contribution in [2.45, 2.75) is 6.92 Å². The highest BCUT2D eigenvalue weighted by Crippen LogP contribution is 2.18. The van der Waals surface area contributed by atoms with Crippen molar-refractivity contribution in [2.24, 2.45) is 0 Å². The van der Waals surface area contributed by atoms with Crippen molar-refractivity contribution < 1.29 is 24.2 Å². The van der Waals surface area contributed by atoms with Crippen molar-refractivity contribution in [3.63, 3.8) is 0 Å². The smallest absolute Gasteiger partial charge is 0.357 e. The van der Waals surface area contributed by atoms with Crippen LogP contribution >= 0.6 is 0 Å². The van der Waals surface area contributed by atoms with Gasteiger partial charge in [0.25, 0.3) is 0 Å². The number of hydrogen-bond donors (Lipinski definition) is 2. The lowest BCUT2D eigenvalue weighted by Crippen LogP contribution is -2.07. The molecule has 98 valence electrons. The topological polar surface area (TPSA) is 92.4 Å². The molecule has 2 rings (SSSR count). The second-order valence-electron chi connectivity index (χ2n) is 3.81. The maximum atomic E-state index is 12.8. The summed E-state index contributed by atoms with van der Waals surface area (Å²) in [5.74, 6) is -3.25. The Bertz CT molecular complexity index is 661. The van der Waals surface area contributed by atoms with Gasteiger partial charge in [-0.1, -0.05) is 0 Å². The van der Waals surface area contributed by atoms with E-state index in [9.17, 15) is 14.0 Å². The summed E-state index contributed by atoms with van der Waals surface area (Å²) >= 11 is 0. The zero-order chi connectivity index (χ0) is 14.2. The van der Waals surface area contributed by atoms with Crippen LogP contribution in [0.25, 0.3) is 5.69 Å². The fourth-order valence-electron chi connectivity index (χ4n) is 1.74. The molecule has 0 radical (unpaired) electrons. The van der Waals surface area contributed by atoms with E-state index in [4.69, 9.17) is 10.2 Å². The SMILES string of the molecule is Cc1c(C(=O)O)c(C(=O)O)nn1-c1ccc(F)cc1. The minimum absolute atomic E-state index is 0.163. The van der Waals surface area contributed by atoms with E-state index in [1.54, 1.807) is 0 Å². The van der Waals surface area contributed by atoms with Crippen LogP contribution < -0.4 is 0 Å². The van der Waals surface area contributed by atoms with Gasteiger partial charge in [-0.25, -0.2) is 18.7 Å². The number of aromatic nitrogens is 2. The molecule has 0 amide bonds. The minimum Gasteiger partial charge on any atom is -0.478 e. The molecule has 1 heterocycles. The van der Waals surface area contributed by atoms with Gasteiger partial charge in [0, 0.05) is 0 Å². The molecule has 6 nitrogen and oxygen atoms in total. The Morgan fingerprint density at radius 3 is 2.16 bits per heavy atom. The third-order valence-electron chi connectivity index (χ3n) is 2.60. The van der Waals surface area contributed by atoms with Gasteiger partial charge < -0.3 is 10.2 Å². The van der Waals surface area contributed by atoms with E-state index in [1.807, 2.05) is 0 Å². The number of aromatic carboxylic acids is 2. The van der Waals surface area contributed by atoms with E-state index in [0.29, 0.717) is 5.69 Å². The minimum atomic E-state index is -1.43. The van der Waals surface area contributed by atoms with Crippen LogP contribution in [0.4, 0.5) is 4.39 Å². The van der Waals surface area contributed by atoms with Crippen LogP contribution in [-0.2, 0) is 0 Å². The predicted octanol–water partition coefficient (Wildman–Crippen LogP) is 1.72. The molecule has 0 aliphatic carbocycles. The first-order valence-electron chi connectivity index (χ1n) is 5.24. The molecule has 0 bridgehead atoms. The fourth-order valence-corrected chi connectivity index (χ4v) is 1.74. The summed E-state index contributed by atoms with van der Waals surface area (Å²) in [5, 5.41) is 21.7. The van der Waals surface area contributed by atoms with E-state index < -0.39 is 23.4 Å². The Kier molecular flexibility index (Phi) is 3.04. The van der Waals surface area contributed by atoms with Crippen LogP contribution in [0.2, 0.25) is 0 Å². The Labute approximate surface area is 106 Å². The van der Waals surface area contributed by atoms with E-state index in [-0.39, 0.29) is 11.3 Å². The van der Waals surface area contributed by atoms with Crippen LogP contribution in [0.5, 0.6) is 0 Å². The molecule has 19 heavy (non-hydrogen) atoms. The van der Waals surface area contributed by atoms with Crippen LogP contribution in [0.3, 0.4) is 0 Å². The summed E-state index contributed by atoms with van der Waals surface area (Å²) in [4.78, 5) is 22.0. The maximum Gasteiger partial charge on any atom is 0.357 e. The van der Waals surface area contributed by atoms with Gasteiger partial charge in [-0.05, 0) is 31.2 Å². The zero-order valence-corrected chi connectivity index (χ0v) is 9.79. The van der Waals surface area contributed by atoms with Gasteiger partial charge in [0.1, 0.15) is 11.4 Å². The number of carboxylic acid groups (broad SMARTS) is 2. The first-order valence-corrected chi connectivity index (χ1v) is 5.24. The summed E-state index contributed by atoms with van der Waals surface area (Å²) in [6.45, 7) is 1.44. The molecule has 0 saturated heterocycles. The predicted molar refractivity (Wildman–Crippen MR) is 62.2 cm³/mol. The molecular weight excluding hydrogens is 255 g/mol. The highest BCUT2D eigenvalue weighted by Gasteiger charge is 2.25. The number of carboxylic acids is 2. The maximum absolute atomic E-state index is 12.8. The molecular formula is C12H9FN2O4. The van der Waals surface area contributed by atoms with E-state index in [1.165, 1.54) is 31.2 Å². The van der Waals surface area contributed by atoms with Gasteiger partial charge in [0.2, 0.25) is 0 Å². The number of nitrogens with zero attached hydrogens (tertiary/aromatic N) is 2. The summed E-state index contributed by atoms with van der Waals surface area (Å²) in [7, 11) is 0. The van der Waals surface area contributed by atoms with E-state index >= 15 is 0 Å². The molecule has 0 atom stereocenters. The van der Waals surface area contributed by atoms with Crippen LogP contribution in [0.15, 0.2) is 24.3 Å². The molecule has 0 unspecified atom stereocenters. The van der Waals surface area contributed by atoms with Gasteiger partial charge in [-0.3, -0.25) is 0 Å². The highest BCUT2D eigenvalue weighted by molar-refractivity contribution is 6.01. The average molecular weight is 264 g/mol. The normalized spacial score (nSPS) is 10.4. The van der Waals surface area contributed by atoms with Crippen LogP contribution in [0, 0.1) is 12.7 Å². The highest BCUT2D eigenvalue weighted by atomic mass is 19.1. The molecule has 2 N–H and O–H groups in total. The van der Waals surface area contributed by atoms with Gasteiger partial charge in [-0.15, -0.1) is 0 Å². The standard InChI is InChI=1S/C12H9FN2O4/c1-6-9(11(16)17)10(12(18)19)14-15(6)8-4-2-7(13)3-5-8/h2-5H,1H3,(H,16,17)(H,18,19). The van der Waals surface area contributed by atoms with Crippen LogP contribution in [-0.4, -0.2) is 31.9 Å². The molecule has 2 aromatic rings. The number of benzene rings is 1. The molecule has 1 aromatic heterocycles. The Morgan fingerprint density at radius 2 is 1.74 bits per heavy atom. The molecule has 0 aliphatic heterocycles. The van der Waals surface area contributed by atoms with Crippen LogP contribution in [0.1, 0.15) is 26.5 Å². The lowest BCUT2D eigenvalue weighted by molar-refractivity contribution is 0.0648. The molecule has 0 spiro atoms. The average Bonchev–Trinajstić information content (AvgIpc) is 2.68. The molecule has 1 aromatic carbocycles. The first-order chi connectivity index (χ1) is 8.91. The lowest BCUT2D eigenvalue weighted by Gasteiger charge is -2.03. The largest absolute Gasteiger partial charge is 0.478 e. The van der Waals surface area contributed by atoms with Crippen molar-refractivity contribution in [3.8, 4) is 5.69 Å². The number of hydrogen-bond acceptors (Lipinski definition) is 3. The second-order valence-corrected chi connectivity index (χ2v) is 3.81. The number of rotatable bonds is 3. The van der Waals surface area contributed by atoms with Crippen molar-refractivity contribution in [1.82, 2.24) is 9.78 Å². The molecule has 0 aliphatic rings. The summed E-state index contributed by atoms with van der Waals surface area (Å²) in [6.07, 6.45) is 0. The Hall–Kier alpha value is -2.70. The van der Waals surface area contributed by atoms with Gasteiger partial charge in [0.15, 0.2) is 5.69 Å². The molecule has 0 fully saturated rings. The first kappa shape index (κ1) is 12.7. The number of halogens is 1. The Morgan fingerprint density at radius 1 is 1.16 bits per heavy atom. The third-order valence-corrected chi connectivity index (χ3v) is 2.60. The quantitative estimate of drug-likeness (QED) is 0.880. The molecule has 0 saturated carbocycles. The van der Waals surface area contributed by atoms with Crippen molar-refractivity contribution in [3.05, 3.63) is 47.0 Å².